The summed E-state index contributed by atoms with van der Waals surface area (Å²) in [5.74, 6) is -2.11. The lowest BCUT2D eigenvalue weighted by atomic mass is 10.0. The molecule has 2 unspecified atom stereocenters. The average Bonchev–Trinajstić information content (AvgIpc) is 3.15. The van der Waals surface area contributed by atoms with Crippen molar-refractivity contribution >= 4 is 23.7 Å². The van der Waals surface area contributed by atoms with E-state index in [1.54, 1.807) is 38.1 Å². The highest BCUT2D eigenvalue weighted by atomic mass is 16.5. The summed E-state index contributed by atoms with van der Waals surface area (Å²) in [6, 6.07) is 27.8. The van der Waals surface area contributed by atoms with Gasteiger partial charge in [-0.25, -0.2) is 10.3 Å². The quantitative estimate of drug-likeness (QED) is 0.0722. The van der Waals surface area contributed by atoms with E-state index in [2.05, 4.69) is 65.6 Å². The minimum Gasteiger partial charge on any atom is -0.467 e. The summed E-state index contributed by atoms with van der Waals surface area (Å²) < 4.78 is 4.67. The first-order chi connectivity index (χ1) is 23.9. The van der Waals surface area contributed by atoms with Crippen LogP contribution in [0.5, 0.6) is 0 Å². The standard InChI is InChI=1S/C20H24N2O3.C19H23N3O3/c1-4-14-5-7-15(8-6-14)16-9-11-17(12-10-16)19(23)22-18(13(2)21)20(24)25-3;1-3-13-4-6-14(7-5-13)15-8-10-16(11-9-15)18(23)21-17(12(2)20)19(24)22-25/h5-13,18H,4,21H2,1-3H3,(H,22,23);4-12,17,25H,3,20H2,1-2H3,(H,21,23)(H,22,24)/t13?,18-;12?,17-/m00/s1. The first-order valence-electron chi connectivity index (χ1n) is 16.5. The number of hydroxylamine groups is 1. The van der Waals surface area contributed by atoms with Crippen molar-refractivity contribution in [2.45, 2.75) is 64.7 Å². The number of aryl methyl sites for hydroxylation is 2. The van der Waals surface area contributed by atoms with Crippen LogP contribution in [0.4, 0.5) is 0 Å². The first-order valence-corrected chi connectivity index (χ1v) is 16.5. The Morgan fingerprint density at radius 2 is 0.920 bits per heavy atom. The Labute approximate surface area is 293 Å². The van der Waals surface area contributed by atoms with Crippen LogP contribution >= 0.6 is 0 Å². The molecule has 0 aliphatic carbocycles. The molecule has 0 saturated carbocycles. The Kier molecular flexibility index (Phi) is 14.8. The zero-order valence-corrected chi connectivity index (χ0v) is 29.1. The minimum absolute atomic E-state index is 0.361. The molecule has 11 nitrogen and oxygen atoms in total. The van der Waals surface area contributed by atoms with Gasteiger partial charge in [-0.1, -0.05) is 86.6 Å². The SMILES string of the molecule is CCc1ccc(-c2ccc(C(=O)N[C@H](C(=O)NO)C(C)N)cc2)cc1.CCc1ccc(-c2ccc(C(=O)N[C@H](C(=O)OC)C(C)N)cc2)cc1. The zero-order valence-electron chi connectivity index (χ0n) is 29.1. The molecule has 264 valence electrons. The van der Waals surface area contributed by atoms with Gasteiger partial charge in [0.25, 0.3) is 17.7 Å². The summed E-state index contributed by atoms with van der Waals surface area (Å²) in [4.78, 5) is 47.9. The number of hydrogen-bond acceptors (Lipinski definition) is 8. The number of nitrogens with one attached hydrogen (secondary N) is 3. The molecule has 0 saturated heterocycles. The number of esters is 1. The van der Waals surface area contributed by atoms with Gasteiger partial charge in [0.15, 0.2) is 0 Å². The number of carbonyl (C=O) groups is 4. The second-order valence-corrected chi connectivity index (χ2v) is 11.9. The highest BCUT2D eigenvalue weighted by Gasteiger charge is 2.26. The molecule has 0 radical (unpaired) electrons. The molecular formula is C39H47N5O6. The molecule has 0 bridgehead atoms. The Hall–Kier alpha value is -5.36. The highest BCUT2D eigenvalue weighted by molar-refractivity contribution is 5.98. The fourth-order valence-corrected chi connectivity index (χ4v) is 4.98. The van der Waals surface area contributed by atoms with E-state index in [9.17, 15) is 19.2 Å². The van der Waals surface area contributed by atoms with Gasteiger partial charge in [-0.05, 0) is 84.3 Å². The van der Waals surface area contributed by atoms with E-state index in [4.69, 9.17) is 16.7 Å². The molecule has 8 N–H and O–H groups in total. The Bertz CT molecular complexity index is 1580. The van der Waals surface area contributed by atoms with E-state index in [0.29, 0.717) is 11.1 Å². The number of amides is 3. The number of benzene rings is 4. The van der Waals surface area contributed by atoms with Gasteiger partial charge in [-0.2, -0.15) is 0 Å². The molecule has 0 heterocycles. The molecule has 50 heavy (non-hydrogen) atoms. The second kappa shape index (κ2) is 19.0. The van der Waals surface area contributed by atoms with Gasteiger partial charge in [-0.15, -0.1) is 0 Å². The molecule has 4 rings (SSSR count). The van der Waals surface area contributed by atoms with Crippen molar-refractivity contribution in [3.63, 3.8) is 0 Å². The number of carbonyl (C=O) groups excluding carboxylic acids is 4. The van der Waals surface area contributed by atoms with Gasteiger partial charge in [0.05, 0.1) is 7.11 Å². The number of nitrogens with two attached hydrogens (primary N) is 2. The third kappa shape index (κ3) is 10.8. The summed E-state index contributed by atoms with van der Waals surface area (Å²) in [6.45, 7) is 7.44. The molecule has 4 aromatic carbocycles. The number of hydrogen-bond donors (Lipinski definition) is 6. The van der Waals surface area contributed by atoms with Crippen molar-refractivity contribution in [3.05, 3.63) is 119 Å². The first kappa shape index (κ1) is 39.1. The molecule has 4 atom stereocenters. The van der Waals surface area contributed by atoms with Crippen LogP contribution < -0.4 is 27.6 Å². The van der Waals surface area contributed by atoms with Crippen LogP contribution in [0.15, 0.2) is 97.1 Å². The fraction of sp³-hybridized carbons (Fsp3) is 0.282. The predicted molar refractivity (Wildman–Crippen MR) is 194 cm³/mol. The van der Waals surface area contributed by atoms with Crippen LogP contribution in [-0.2, 0) is 27.2 Å². The monoisotopic (exact) mass is 681 g/mol. The molecule has 11 heteroatoms. The third-order valence-corrected chi connectivity index (χ3v) is 8.16. The molecular weight excluding hydrogens is 634 g/mol. The summed E-state index contributed by atoms with van der Waals surface area (Å²) in [6.07, 6.45) is 1.99. The second-order valence-electron chi connectivity index (χ2n) is 11.9. The van der Waals surface area contributed by atoms with E-state index in [-0.39, 0.29) is 5.91 Å². The van der Waals surface area contributed by atoms with E-state index >= 15 is 0 Å². The van der Waals surface area contributed by atoms with Crippen molar-refractivity contribution in [2.24, 2.45) is 11.5 Å². The van der Waals surface area contributed by atoms with Crippen molar-refractivity contribution < 1.29 is 29.1 Å². The van der Waals surface area contributed by atoms with Gasteiger partial charge >= 0.3 is 5.97 Å². The Morgan fingerprint density at radius 3 is 1.20 bits per heavy atom. The summed E-state index contributed by atoms with van der Waals surface area (Å²) in [5.41, 5.74) is 20.5. The van der Waals surface area contributed by atoms with Gasteiger partial charge in [0.1, 0.15) is 12.1 Å². The van der Waals surface area contributed by atoms with E-state index < -0.39 is 42.0 Å². The maximum Gasteiger partial charge on any atom is 0.329 e. The van der Waals surface area contributed by atoms with Gasteiger partial charge in [0.2, 0.25) is 0 Å². The topological polar surface area (TPSA) is 186 Å². The molecule has 0 aliphatic heterocycles. The zero-order chi connectivity index (χ0) is 36.8. The van der Waals surface area contributed by atoms with Crippen molar-refractivity contribution in [3.8, 4) is 22.3 Å². The predicted octanol–water partition coefficient (Wildman–Crippen LogP) is 4.40. The summed E-state index contributed by atoms with van der Waals surface area (Å²) >= 11 is 0. The number of rotatable bonds is 12. The van der Waals surface area contributed by atoms with Crippen LogP contribution in [0.2, 0.25) is 0 Å². The lowest BCUT2D eigenvalue weighted by Crippen LogP contribution is -2.54. The number of methoxy groups -OCH3 is 1. The average molecular weight is 682 g/mol. The summed E-state index contributed by atoms with van der Waals surface area (Å²) in [7, 11) is 1.27. The van der Waals surface area contributed by atoms with Crippen LogP contribution in [0.25, 0.3) is 22.3 Å². The molecule has 4 aromatic rings. The van der Waals surface area contributed by atoms with Crippen LogP contribution in [0.1, 0.15) is 59.5 Å². The molecule has 3 amide bonds. The maximum atomic E-state index is 12.3. The van der Waals surface area contributed by atoms with Crippen LogP contribution in [0, 0.1) is 0 Å². The largest absolute Gasteiger partial charge is 0.467 e. The molecule has 0 aromatic heterocycles. The van der Waals surface area contributed by atoms with Crippen LogP contribution in [0.3, 0.4) is 0 Å². The molecule has 0 spiro atoms. The summed E-state index contributed by atoms with van der Waals surface area (Å²) in [5, 5.41) is 13.9. The van der Waals surface area contributed by atoms with E-state index in [0.717, 1.165) is 35.1 Å². The minimum atomic E-state index is -1.02. The number of ether oxygens (including phenoxy) is 1. The fourth-order valence-electron chi connectivity index (χ4n) is 4.98. The third-order valence-electron chi connectivity index (χ3n) is 8.16. The molecule has 0 fully saturated rings. The highest BCUT2D eigenvalue weighted by Crippen LogP contribution is 2.22. The van der Waals surface area contributed by atoms with Gasteiger partial charge < -0.3 is 26.8 Å². The van der Waals surface area contributed by atoms with E-state index in [1.165, 1.54) is 23.7 Å². The van der Waals surface area contributed by atoms with Gasteiger partial charge in [-0.3, -0.25) is 19.6 Å². The van der Waals surface area contributed by atoms with Crippen molar-refractivity contribution in [1.82, 2.24) is 16.1 Å². The lowest BCUT2D eigenvalue weighted by molar-refractivity contribution is -0.143. The smallest absolute Gasteiger partial charge is 0.329 e. The normalized spacial score (nSPS) is 13.0. The van der Waals surface area contributed by atoms with Crippen LogP contribution in [-0.4, -0.2) is 60.2 Å². The van der Waals surface area contributed by atoms with E-state index in [1.807, 2.05) is 36.4 Å². The molecule has 0 aliphatic rings. The maximum absolute atomic E-state index is 12.3. The van der Waals surface area contributed by atoms with Gasteiger partial charge in [0, 0.05) is 23.2 Å². The van der Waals surface area contributed by atoms with Crippen molar-refractivity contribution in [2.75, 3.05) is 7.11 Å². The van der Waals surface area contributed by atoms with Crippen molar-refractivity contribution in [1.29, 1.82) is 0 Å². The Morgan fingerprint density at radius 1 is 0.600 bits per heavy atom. The lowest BCUT2D eigenvalue weighted by Gasteiger charge is -2.20. The Balaban J connectivity index is 0.000000270.